The maximum atomic E-state index is 5.08. The lowest BCUT2D eigenvalue weighted by Crippen LogP contribution is -2.29. The fourth-order valence-electron chi connectivity index (χ4n) is 0.611. The molecule has 0 saturated heterocycles. The van der Waals surface area contributed by atoms with Crippen molar-refractivity contribution in [2.24, 2.45) is 10.9 Å². The third-order valence-electron chi connectivity index (χ3n) is 1.04. The molecule has 72 valence electrons. The maximum Gasteiger partial charge on any atom is 0.286 e. The van der Waals surface area contributed by atoms with Crippen molar-refractivity contribution >= 4 is 17.8 Å². The van der Waals surface area contributed by atoms with Gasteiger partial charge >= 0.3 is 0 Å². The van der Waals surface area contributed by atoms with Crippen molar-refractivity contribution in [1.82, 2.24) is 0 Å². The molecular weight excluding hydrogens is 184 g/mol. The van der Waals surface area contributed by atoms with Crippen LogP contribution in [-0.2, 0) is 13.8 Å². The number of ether oxygens (including phenoxy) is 2. The molecule has 12 heavy (non-hydrogen) atoms. The molecule has 0 aliphatic heterocycles. The van der Waals surface area contributed by atoms with Crippen molar-refractivity contribution in [2.45, 2.75) is 20.1 Å². The first-order valence-electron chi connectivity index (χ1n) is 3.59. The molecule has 0 radical (unpaired) electrons. The Kier molecular flexibility index (Phi) is 6.84. The summed E-state index contributed by atoms with van der Waals surface area (Å²) in [5.74, 6) is 4.98. The van der Waals surface area contributed by atoms with E-state index in [2.05, 4.69) is 9.39 Å². The largest absolute Gasteiger partial charge is 0.362 e. The summed E-state index contributed by atoms with van der Waals surface area (Å²) >= 11 is 5.06. The Balaban J connectivity index is 4.06. The Hall–Kier alpha value is -0.520. The summed E-state index contributed by atoms with van der Waals surface area (Å²) in [6.07, 6.45) is -0.720. The second kappa shape index (κ2) is 7.15. The van der Waals surface area contributed by atoms with E-state index in [0.29, 0.717) is 13.2 Å². The number of nitrogens with two attached hydrogens (primary N) is 1. The van der Waals surface area contributed by atoms with E-state index in [4.69, 9.17) is 27.2 Å². The van der Waals surface area contributed by atoms with Crippen molar-refractivity contribution in [2.75, 3.05) is 13.2 Å². The number of nitrogens with zero attached hydrogens (tertiary/aromatic N) is 1. The van der Waals surface area contributed by atoms with Gasteiger partial charge in [-0.1, -0.05) is 0 Å². The molecule has 0 aromatic rings. The zero-order valence-corrected chi connectivity index (χ0v) is 7.87. The molecule has 0 bridgehead atoms. The predicted molar refractivity (Wildman–Crippen MR) is 45.6 cm³/mol. The summed E-state index contributed by atoms with van der Waals surface area (Å²) in [5, 5.41) is 3.26. The van der Waals surface area contributed by atoms with E-state index >= 15 is 0 Å². The van der Waals surface area contributed by atoms with Crippen LogP contribution in [0.4, 0.5) is 0 Å². The van der Waals surface area contributed by atoms with Crippen LogP contribution in [0, 0.1) is 0 Å². The highest BCUT2D eigenvalue weighted by atomic mass is 35.5. The Labute approximate surface area is 76.6 Å². The minimum absolute atomic E-state index is 0.0142. The van der Waals surface area contributed by atoms with Crippen molar-refractivity contribution in [3.05, 3.63) is 0 Å². The second-order valence-corrected chi connectivity index (χ2v) is 1.94. The quantitative estimate of drug-likeness (QED) is 0.233. The number of rotatable bonds is 5. The van der Waals surface area contributed by atoms with Crippen LogP contribution in [0.5, 0.6) is 0 Å². The van der Waals surface area contributed by atoms with Gasteiger partial charge < -0.3 is 19.6 Å². The zero-order valence-electron chi connectivity index (χ0n) is 7.12. The summed E-state index contributed by atoms with van der Waals surface area (Å²) in [5.41, 5.74) is 0. The molecule has 0 amide bonds. The van der Waals surface area contributed by atoms with E-state index in [0.717, 1.165) is 0 Å². The lowest BCUT2D eigenvalue weighted by atomic mass is 10.6. The van der Waals surface area contributed by atoms with Crippen LogP contribution in [0.15, 0.2) is 5.10 Å². The Morgan fingerprint density at radius 2 is 1.92 bits per heavy atom. The van der Waals surface area contributed by atoms with Crippen molar-refractivity contribution < 1.29 is 13.8 Å². The molecule has 0 aromatic heterocycles. The minimum atomic E-state index is -0.720. The molecule has 6 heteroatoms. The third-order valence-corrected chi connectivity index (χ3v) is 1.20. The van der Waals surface area contributed by atoms with Crippen molar-refractivity contribution in [3.8, 4) is 0 Å². The Bertz CT molecular complexity index is 137. The normalized spacial score (nSPS) is 12.2. The average Bonchev–Trinajstić information content (AvgIpc) is 2.07. The SMILES string of the molecule is CCOC(OCC)/C(=N/N)OCl. The van der Waals surface area contributed by atoms with Gasteiger partial charge in [-0.15, -0.1) is 5.10 Å². The molecule has 0 unspecified atom stereocenters. The van der Waals surface area contributed by atoms with Crippen LogP contribution in [-0.4, -0.2) is 25.4 Å². The van der Waals surface area contributed by atoms with Crippen LogP contribution in [0.2, 0.25) is 0 Å². The van der Waals surface area contributed by atoms with Gasteiger partial charge in [0.1, 0.15) is 11.9 Å². The first kappa shape index (κ1) is 11.5. The highest BCUT2D eigenvalue weighted by Gasteiger charge is 2.17. The van der Waals surface area contributed by atoms with E-state index < -0.39 is 6.29 Å². The van der Waals surface area contributed by atoms with Gasteiger partial charge in [0.25, 0.3) is 5.90 Å². The van der Waals surface area contributed by atoms with Gasteiger partial charge in [-0.05, 0) is 13.8 Å². The average molecular weight is 197 g/mol. The van der Waals surface area contributed by atoms with E-state index in [9.17, 15) is 0 Å². The smallest absolute Gasteiger partial charge is 0.286 e. The van der Waals surface area contributed by atoms with Crippen LogP contribution >= 0.6 is 11.9 Å². The number of hydrogen-bond acceptors (Lipinski definition) is 5. The van der Waals surface area contributed by atoms with Crippen molar-refractivity contribution in [3.63, 3.8) is 0 Å². The number of hydrazone groups is 1. The molecule has 0 heterocycles. The molecule has 0 aromatic carbocycles. The lowest BCUT2D eigenvalue weighted by Gasteiger charge is -2.14. The zero-order chi connectivity index (χ0) is 9.40. The van der Waals surface area contributed by atoms with Gasteiger partial charge in [0.2, 0.25) is 6.29 Å². The second-order valence-electron chi connectivity index (χ2n) is 1.79. The van der Waals surface area contributed by atoms with Gasteiger partial charge in [0, 0.05) is 13.2 Å². The van der Waals surface area contributed by atoms with Crippen LogP contribution in [0.3, 0.4) is 0 Å². The Morgan fingerprint density at radius 1 is 1.42 bits per heavy atom. The third kappa shape index (κ3) is 3.75. The van der Waals surface area contributed by atoms with Gasteiger partial charge in [-0.3, -0.25) is 0 Å². The van der Waals surface area contributed by atoms with Gasteiger partial charge in [0.15, 0.2) is 0 Å². The predicted octanol–water partition coefficient (Wildman–Crippen LogP) is 0.828. The molecule has 0 spiro atoms. The van der Waals surface area contributed by atoms with Crippen LogP contribution < -0.4 is 5.84 Å². The van der Waals surface area contributed by atoms with Crippen molar-refractivity contribution in [1.29, 1.82) is 0 Å². The van der Waals surface area contributed by atoms with Crippen LogP contribution in [0.25, 0.3) is 0 Å². The van der Waals surface area contributed by atoms with E-state index in [-0.39, 0.29) is 5.90 Å². The molecular formula is C6H13ClN2O3. The highest BCUT2D eigenvalue weighted by molar-refractivity contribution is 6.14. The first-order valence-corrected chi connectivity index (χ1v) is 3.90. The van der Waals surface area contributed by atoms with Gasteiger partial charge in [-0.2, -0.15) is 0 Å². The molecule has 0 rings (SSSR count). The Morgan fingerprint density at radius 3 is 2.17 bits per heavy atom. The highest BCUT2D eigenvalue weighted by Crippen LogP contribution is 2.01. The summed E-state index contributed by atoms with van der Waals surface area (Å²) < 4.78 is 14.5. The number of hydrogen-bond donors (Lipinski definition) is 1. The minimum Gasteiger partial charge on any atom is -0.362 e. The molecule has 5 nitrogen and oxygen atoms in total. The van der Waals surface area contributed by atoms with E-state index in [1.54, 1.807) is 0 Å². The first-order chi connectivity index (χ1) is 5.79. The molecule has 2 N–H and O–H groups in total. The van der Waals surface area contributed by atoms with Crippen LogP contribution in [0.1, 0.15) is 13.8 Å². The molecule has 0 aliphatic carbocycles. The van der Waals surface area contributed by atoms with E-state index in [1.807, 2.05) is 13.8 Å². The summed E-state index contributed by atoms with van der Waals surface area (Å²) in [7, 11) is 0. The van der Waals surface area contributed by atoms with E-state index in [1.165, 1.54) is 0 Å². The summed E-state index contributed by atoms with van der Waals surface area (Å²) in [4.78, 5) is 0. The molecule has 0 atom stereocenters. The summed E-state index contributed by atoms with van der Waals surface area (Å²) in [6, 6.07) is 0. The number of halogens is 1. The topological polar surface area (TPSA) is 66.1 Å². The monoisotopic (exact) mass is 196 g/mol. The summed E-state index contributed by atoms with van der Waals surface area (Å²) in [6.45, 7) is 4.55. The molecule has 0 fully saturated rings. The van der Waals surface area contributed by atoms with Gasteiger partial charge in [-0.25, -0.2) is 0 Å². The lowest BCUT2D eigenvalue weighted by molar-refractivity contribution is -0.0972. The fourth-order valence-corrected chi connectivity index (χ4v) is 0.723. The maximum absolute atomic E-state index is 5.08. The molecule has 0 aliphatic rings. The van der Waals surface area contributed by atoms with Gasteiger partial charge in [0.05, 0.1) is 0 Å². The molecule has 0 saturated carbocycles. The standard InChI is InChI=1S/C6H13ClN2O3/c1-3-10-6(11-4-2)5(9-8)12-7/h6H,3-4,8H2,1-2H3/b9-5-. The fraction of sp³-hybridized carbons (Fsp3) is 0.833.